The number of methoxy groups -OCH3 is 1. The lowest BCUT2D eigenvalue weighted by Gasteiger charge is -2.12. The summed E-state index contributed by atoms with van der Waals surface area (Å²) in [6, 6.07) is 4.85. The van der Waals surface area contributed by atoms with Gasteiger partial charge in [0.05, 0.1) is 26.1 Å². The number of pyridine rings is 1. The van der Waals surface area contributed by atoms with Crippen LogP contribution < -0.4 is 5.32 Å². The van der Waals surface area contributed by atoms with Crippen molar-refractivity contribution in [2.45, 2.75) is 0 Å². The lowest BCUT2D eigenvalue weighted by atomic mass is 10.3. The first-order valence-corrected chi connectivity index (χ1v) is 8.35. The summed E-state index contributed by atoms with van der Waals surface area (Å²) in [5.74, 6) is -0.878. The second-order valence-electron chi connectivity index (χ2n) is 4.82. The van der Waals surface area contributed by atoms with E-state index in [4.69, 9.17) is 0 Å². The average Bonchev–Trinajstić information content (AvgIpc) is 2.87. The van der Waals surface area contributed by atoms with Gasteiger partial charge in [-0.1, -0.05) is 6.07 Å². The molecule has 2 rings (SSSR count). The van der Waals surface area contributed by atoms with Crippen molar-refractivity contribution in [1.29, 1.82) is 0 Å². The smallest absolute Gasteiger partial charge is 0.355 e. The van der Waals surface area contributed by atoms with Gasteiger partial charge in [0.1, 0.15) is 11.3 Å². The van der Waals surface area contributed by atoms with E-state index in [9.17, 15) is 18.0 Å². The number of carbonyl (C=O) groups is 2. The number of likely N-dealkylation sites (N-methyl/N-ethyl adjacent to an activating group) is 1. The van der Waals surface area contributed by atoms with E-state index in [-0.39, 0.29) is 18.1 Å². The maximum atomic E-state index is 11.9. The molecule has 0 aliphatic carbocycles. The monoisotopic (exact) mass is 340 g/mol. The zero-order valence-corrected chi connectivity index (χ0v) is 13.6. The number of nitrogens with zero attached hydrogens (tertiary/aromatic N) is 3. The Bertz CT molecular complexity index is 858. The number of hydrogen-bond acceptors (Lipinski definition) is 6. The normalized spacial score (nSPS) is 11.7. The van der Waals surface area contributed by atoms with Crippen molar-refractivity contribution in [1.82, 2.24) is 13.7 Å². The number of esters is 1. The summed E-state index contributed by atoms with van der Waals surface area (Å²) in [5.41, 5.74) is 0.700. The third kappa shape index (κ3) is 3.85. The summed E-state index contributed by atoms with van der Waals surface area (Å²) >= 11 is 0. The highest BCUT2D eigenvalue weighted by atomic mass is 32.2. The minimum absolute atomic E-state index is 0.202. The minimum atomic E-state index is -3.45. The maximum absolute atomic E-state index is 11.9. The molecule has 9 nitrogen and oxygen atoms in total. The molecular weight excluding hydrogens is 324 g/mol. The molecule has 0 spiro atoms. The molecule has 0 aromatic carbocycles. The molecule has 0 radical (unpaired) electrons. The molecule has 0 aliphatic heterocycles. The van der Waals surface area contributed by atoms with E-state index in [1.807, 2.05) is 0 Å². The van der Waals surface area contributed by atoms with Gasteiger partial charge in [-0.25, -0.2) is 18.2 Å². The van der Waals surface area contributed by atoms with Crippen LogP contribution in [0.25, 0.3) is 5.65 Å². The zero-order chi connectivity index (χ0) is 17.2. The van der Waals surface area contributed by atoms with Gasteiger partial charge in [0.25, 0.3) is 0 Å². The molecule has 0 saturated carbocycles. The Labute approximate surface area is 132 Å². The van der Waals surface area contributed by atoms with E-state index in [0.717, 1.165) is 10.6 Å². The van der Waals surface area contributed by atoms with Crippen LogP contribution in [0.3, 0.4) is 0 Å². The molecule has 0 atom stereocenters. The number of imidazole rings is 1. The topological polar surface area (TPSA) is 110 Å². The second-order valence-corrected chi connectivity index (χ2v) is 6.91. The molecule has 0 bridgehead atoms. The number of nitrogens with one attached hydrogen (secondary N) is 1. The number of rotatable bonds is 5. The fourth-order valence-electron chi connectivity index (χ4n) is 1.84. The van der Waals surface area contributed by atoms with Crippen molar-refractivity contribution < 1.29 is 22.7 Å². The first-order valence-electron chi connectivity index (χ1n) is 6.50. The van der Waals surface area contributed by atoms with E-state index in [0.29, 0.717) is 5.65 Å². The molecule has 2 aromatic heterocycles. The summed E-state index contributed by atoms with van der Waals surface area (Å²) in [6.07, 6.45) is 2.47. The third-order valence-corrected chi connectivity index (χ3v) is 4.35. The van der Waals surface area contributed by atoms with Gasteiger partial charge in [0.2, 0.25) is 15.9 Å². The average molecular weight is 340 g/mol. The summed E-state index contributed by atoms with van der Waals surface area (Å²) in [5, 5.41) is 2.49. The Balaban J connectivity index is 2.22. The molecular formula is C13H16N4O5S. The first-order chi connectivity index (χ1) is 10.7. The van der Waals surface area contributed by atoms with Crippen molar-refractivity contribution in [2.24, 2.45) is 0 Å². The summed E-state index contributed by atoms with van der Waals surface area (Å²) in [7, 11) is -0.885. The highest BCUT2D eigenvalue weighted by Gasteiger charge is 2.17. The van der Waals surface area contributed by atoms with E-state index in [1.54, 1.807) is 18.2 Å². The molecule has 1 amide bonds. The van der Waals surface area contributed by atoms with Gasteiger partial charge in [-0.05, 0) is 12.1 Å². The Kier molecular flexibility index (Phi) is 4.66. The van der Waals surface area contributed by atoms with Gasteiger partial charge < -0.3 is 10.1 Å². The molecule has 124 valence electrons. The molecule has 0 aliphatic rings. The first kappa shape index (κ1) is 16.9. The van der Waals surface area contributed by atoms with E-state index >= 15 is 0 Å². The van der Waals surface area contributed by atoms with Crippen molar-refractivity contribution in [3.05, 3.63) is 30.1 Å². The molecule has 2 aromatic rings. The Morgan fingerprint density at radius 2 is 2.09 bits per heavy atom. The van der Waals surface area contributed by atoms with E-state index < -0.39 is 21.9 Å². The van der Waals surface area contributed by atoms with Crippen LogP contribution in [-0.4, -0.2) is 60.9 Å². The fraction of sp³-hybridized carbons (Fsp3) is 0.308. The van der Waals surface area contributed by atoms with Crippen LogP contribution in [0.1, 0.15) is 10.5 Å². The number of anilines is 1. The summed E-state index contributed by atoms with van der Waals surface area (Å²) in [4.78, 5) is 27.7. The summed E-state index contributed by atoms with van der Waals surface area (Å²) < 4.78 is 29.6. The molecule has 10 heteroatoms. The van der Waals surface area contributed by atoms with Crippen LogP contribution in [0.5, 0.6) is 0 Å². The lowest BCUT2D eigenvalue weighted by Crippen LogP contribution is -2.34. The third-order valence-electron chi connectivity index (χ3n) is 3.09. The van der Waals surface area contributed by atoms with Gasteiger partial charge in [-0.2, -0.15) is 4.31 Å². The Morgan fingerprint density at radius 1 is 1.39 bits per heavy atom. The largest absolute Gasteiger partial charge is 0.464 e. The quantitative estimate of drug-likeness (QED) is 0.764. The number of aromatic nitrogens is 2. The predicted octanol–water partition coefficient (Wildman–Crippen LogP) is -0.0492. The van der Waals surface area contributed by atoms with Crippen LogP contribution in [0.15, 0.2) is 24.4 Å². The van der Waals surface area contributed by atoms with Gasteiger partial charge >= 0.3 is 5.97 Å². The minimum Gasteiger partial charge on any atom is -0.464 e. The fourth-order valence-corrected chi connectivity index (χ4v) is 2.20. The molecule has 0 fully saturated rings. The standard InChI is InChI=1S/C13H16N4O5S/c1-16(23(3,20)21)8-12(18)15-10-7-17-9(13(19)22-2)5-4-6-11(17)14-10/h4-7H,8H2,1-3H3,(H,15,18). The van der Waals surface area contributed by atoms with Crippen LogP contribution >= 0.6 is 0 Å². The molecule has 0 unspecified atom stereocenters. The Morgan fingerprint density at radius 3 is 2.70 bits per heavy atom. The number of amides is 1. The van der Waals surface area contributed by atoms with Crippen LogP contribution in [-0.2, 0) is 19.6 Å². The molecule has 1 N–H and O–H groups in total. The SMILES string of the molecule is COC(=O)c1cccc2nc(NC(=O)CN(C)S(C)(=O)=O)cn12. The zero-order valence-electron chi connectivity index (χ0n) is 12.8. The van der Waals surface area contributed by atoms with Gasteiger partial charge in [-0.3, -0.25) is 9.20 Å². The lowest BCUT2D eigenvalue weighted by molar-refractivity contribution is -0.116. The molecule has 0 saturated heterocycles. The number of hydrogen-bond donors (Lipinski definition) is 1. The van der Waals surface area contributed by atoms with Crippen LogP contribution in [0.4, 0.5) is 5.82 Å². The Hall–Kier alpha value is -2.46. The van der Waals surface area contributed by atoms with Crippen molar-refractivity contribution in [3.63, 3.8) is 0 Å². The molecule has 23 heavy (non-hydrogen) atoms. The van der Waals surface area contributed by atoms with Crippen molar-refractivity contribution >= 4 is 33.4 Å². The molecule has 2 heterocycles. The van der Waals surface area contributed by atoms with Crippen molar-refractivity contribution in [2.75, 3.05) is 32.3 Å². The van der Waals surface area contributed by atoms with E-state index in [1.165, 1.54) is 24.8 Å². The number of sulfonamides is 1. The number of fused-ring (bicyclic) bond motifs is 1. The van der Waals surface area contributed by atoms with Gasteiger partial charge in [0.15, 0.2) is 5.82 Å². The van der Waals surface area contributed by atoms with Gasteiger partial charge in [0, 0.05) is 7.05 Å². The predicted molar refractivity (Wildman–Crippen MR) is 82.6 cm³/mol. The van der Waals surface area contributed by atoms with Crippen LogP contribution in [0, 0.1) is 0 Å². The highest BCUT2D eigenvalue weighted by Crippen LogP contribution is 2.13. The van der Waals surface area contributed by atoms with Gasteiger partial charge in [-0.15, -0.1) is 0 Å². The van der Waals surface area contributed by atoms with E-state index in [2.05, 4.69) is 15.0 Å². The summed E-state index contributed by atoms with van der Waals surface area (Å²) in [6.45, 7) is -0.337. The maximum Gasteiger partial charge on any atom is 0.355 e. The number of carbonyl (C=O) groups excluding carboxylic acids is 2. The van der Waals surface area contributed by atoms with Crippen molar-refractivity contribution in [3.8, 4) is 0 Å². The van der Waals surface area contributed by atoms with Crippen LogP contribution in [0.2, 0.25) is 0 Å². The second kappa shape index (κ2) is 6.34. The number of ether oxygens (including phenoxy) is 1. The highest BCUT2D eigenvalue weighted by molar-refractivity contribution is 7.88.